The van der Waals surface area contributed by atoms with Crippen molar-refractivity contribution in [1.82, 2.24) is 0 Å². The zero-order valence-electron chi connectivity index (χ0n) is 63.7. The minimum Gasteiger partial charge on any atom is -0.462 e. The molecule has 97 heavy (non-hydrogen) atoms. The molecule has 4 unspecified atom stereocenters. The van der Waals surface area contributed by atoms with Crippen LogP contribution >= 0.6 is 15.6 Å². The van der Waals surface area contributed by atoms with Crippen molar-refractivity contribution in [3.8, 4) is 0 Å². The van der Waals surface area contributed by atoms with Crippen molar-refractivity contribution >= 4 is 39.5 Å². The molecule has 0 aromatic carbocycles. The van der Waals surface area contributed by atoms with E-state index in [0.29, 0.717) is 25.7 Å². The molecule has 0 fully saturated rings. The first-order chi connectivity index (χ1) is 46.6. The number of hydrogen-bond acceptors (Lipinski definition) is 15. The second-order valence-electron chi connectivity index (χ2n) is 29.8. The molecule has 0 radical (unpaired) electrons. The highest BCUT2D eigenvalue weighted by atomic mass is 31.2. The molecule has 0 bridgehead atoms. The predicted molar refractivity (Wildman–Crippen MR) is 395 cm³/mol. The highest BCUT2D eigenvalue weighted by molar-refractivity contribution is 7.47. The van der Waals surface area contributed by atoms with E-state index in [1.165, 1.54) is 199 Å². The number of aliphatic hydroxyl groups is 1. The minimum atomic E-state index is -4.96. The molecule has 0 heterocycles. The van der Waals surface area contributed by atoms with Crippen molar-refractivity contribution in [2.24, 2.45) is 23.7 Å². The summed E-state index contributed by atoms with van der Waals surface area (Å²) in [6, 6.07) is 0. The average molecular weight is 1420 g/mol. The lowest BCUT2D eigenvalue weighted by Gasteiger charge is -2.21. The third-order valence-corrected chi connectivity index (χ3v) is 20.3. The van der Waals surface area contributed by atoms with E-state index in [2.05, 4.69) is 55.4 Å². The van der Waals surface area contributed by atoms with Crippen LogP contribution in [0.1, 0.15) is 396 Å². The SMILES string of the molecule is CCC(C)CCCCCCCCCCC(=O)O[C@H](COC(=O)CCCCCCCCCCC(C)C)COP(=O)(O)OCC(O)COP(=O)(O)OC[C@@H](COC(=O)CCCCCCCCCCCCCCCCC(C)C)OC(=O)CCCCCCCCCCCCCCCCC(C)C. The summed E-state index contributed by atoms with van der Waals surface area (Å²) in [7, 11) is -9.92. The number of carbonyl (C=O) groups is 4. The van der Waals surface area contributed by atoms with E-state index in [1.54, 1.807) is 0 Å². The molecular formula is C78H152O17P2. The van der Waals surface area contributed by atoms with Gasteiger partial charge in [-0.25, -0.2) is 9.13 Å². The molecule has 0 aromatic rings. The highest BCUT2D eigenvalue weighted by Gasteiger charge is 2.30. The fraction of sp³-hybridized carbons (Fsp3) is 0.949. The van der Waals surface area contributed by atoms with Gasteiger partial charge in [-0.3, -0.25) is 37.3 Å². The maximum absolute atomic E-state index is 13.1. The van der Waals surface area contributed by atoms with E-state index in [-0.39, 0.29) is 25.7 Å². The summed E-state index contributed by atoms with van der Waals surface area (Å²) in [5.74, 6) is 0.971. The number of rotatable bonds is 75. The fourth-order valence-corrected chi connectivity index (χ4v) is 13.5. The Morgan fingerprint density at radius 1 is 0.289 bits per heavy atom. The number of unbranched alkanes of at least 4 members (excludes halogenated alkanes) is 40. The van der Waals surface area contributed by atoms with E-state index >= 15 is 0 Å². The molecule has 3 N–H and O–H groups in total. The van der Waals surface area contributed by atoms with Crippen LogP contribution in [0.2, 0.25) is 0 Å². The van der Waals surface area contributed by atoms with Crippen LogP contribution in [0.15, 0.2) is 0 Å². The van der Waals surface area contributed by atoms with Crippen LogP contribution < -0.4 is 0 Å². The molecule has 576 valence electrons. The largest absolute Gasteiger partial charge is 0.472 e. The summed E-state index contributed by atoms with van der Waals surface area (Å²) in [4.78, 5) is 72.9. The number of esters is 4. The van der Waals surface area contributed by atoms with Gasteiger partial charge in [0.05, 0.1) is 26.4 Å². The molecule has 6 atom stereocenters. The second-order valence-corrected chi connectivity index (χ2v) is 32.7. The van der Waals surface area contributed by atoms with Crippen LogP contribution in [-0.4, -0.2) is 96.7 Å². The van der Waals surface area contributed by atoms with E-state index in [4.69, 9.17) is 37.0 Å². The lowest BCUT2D eigenvalue weighted by atomic mass is 9.99. The summed E-state index contributed by atoms with van der Waals surface area (Å²) in [6.45, 7) is 14.2. The average Bonchev–Trinajstić information content (AvgIpc) is 1.44. The molecule has 0 saturated heterocycles. The lowest BCUT2D eigenvalue weighted by molar-refractivity contribution is -0.161. The first kappa shape index (κ1) is 95.1. The third kappa shape index (κ3) is 70.9. The molecule has 0 rings (SSSR count). The van der Waals surface area contributed by atoms with Gasteiger partial charge < -0.3 is 33.8 Å². The van der Waals surface area contributed by atoms with Crippen LogP contribution in [0.3, 0.4) is 0 Å². The quantitative estimate of drug-likeness (QED) is 0.0222. The Bertz CT molecular complexity index is 1900. The number of carbonyl (C=O) groups excluding carboxylic acids is 4. The van der Waals surface area contributed by atoms with Gasteiger partial charge in [-0.2, -0.15) is 0 Å². The Balaban J connectivity index is 5.26. The summed E-state index contributed by atoms with van der Waals surface area (Å²) in [5.41, 5.74) is 0. The molecule has 0 aromatic heterocycles. The van der Waals surface area contributed by atoms with E-state index in [1.807, 2.05) is 0 Å². The Hall–Kier alpha value is -1.94. The van der Waals surface area contributed by atoms with Gasteiger partial charge in [0.2, 0.25) is 0 Å². The second kappa shape index (κ2) is 67.2. The third-order valence-electron chi connectivity index (χ3n) is 18.4. The summed E-state index contributed by atoms with van der Waals surface area (Å²) in [5, 5.41) is 10.6. The van der Waals surface area contributed by atoms with Crippen LogP contribution in [0.25, 0.3) is 0 Å². The van der Waals surface area contributed by atoms with E-state index in [0.717, 1.165) is 114 Å². The molecule has 0 spiro atoms. The molecular weight excluding hydrogens is 1270 g/mol. The maximum Gasteiger partial charge on any atom is 0.472 e. The summed E-state index contributed by atoms with van der Waals surface area (Å²) in [6.07, 6.45) is 52.7. The van der Waals surface area contributed by atoms with E-state index in [9.17, 15) is 43.2 Å². The summed E-state index contributed by atoms with van der Waals surface area (Å²) < 4.78 is 68.6. The normalized spacial score (nSPS) is 14.4. The summed E-state index contributed by atoms with van der Waals surface area (Å²) >= 11 is 0. The topological polar surface area (TPSA) is 237 Å². The lowest BCUT2D eigenvalue weighted by Crippen LogP contribution is -2.30. The van der Waals surface area contributed by atoms with Gasteiger partial charge in [0, 0.05) is 25.7 Å². The first-order valence-corrected chi connectivity index (χ1v) is 43.2. The molecule has 0 aliphatic carbocycles. The van der Waals surface area contributed by atoms with Gasteiger partial charge in [-0.15, -0.1) is 0 Å². The molecule has 0 aliphatic rings. The number of phosphoric ester groups is 2. The zero-order chi connectivity index (χ0) is 71.7. The monoisotopic (exact) mass is 1420 g/mol. The fourth-order valence-electron chi connectivity index (χ4n) is 11.9. The zero-order valence-corrected chi connectivity index (χ0v) is 65.5. The van der Waals surface area contributed by atoms with Gasteiger partial charge in [0.15, 0.2) is 12.2 Å². The van der Waals surface area contributed by atoms with Crippen molar-refractivity contribution < 1.29 is 80.2 Å². The molecule has 17 nitrogen and oxygen atoms in total. The number of phosphoric acid groups is 2. The number of hydrogen-bond donors (Lipinski definition) is 3. The van der Waals surface area contributed by atoms with Crippen LogP contribution in [0.5, 0.6) is 0 Å². The number of ether oxygens (including phenoxy) is 4. The van der Waals surface area contributed by atoms with Gasteiger partial charge in [-0.1, -0.05) is 344 Å². The van der Waals surface area contributed by atoms with Crippen molar-refractivity contribution in [2.45, 2.75) is 414 Å². The Morgan fingerprint density at radius 3 is 0.732 bits per heavy atom. The van der Waals surface area contributed by atoms with Crippen LogP contribution in [-0.2, 0) is 65.4 Å². The first-order valence-electron chi connectivity index (χ1n) is 40.2. The van der Waals surface area contributed by atoms with Crippen molar-refractivity contribution in [2.75, 3.05) is 39.6 Å². The smallest absolute Gasteiger partial charge is 0.462 e. The van der Waals surface area contributed by atoms with Crippen molar-refractivity contribution in [1.29, 1.82) is 0 Å². The molecule has 0 amide bonds. The van der Waals surface area contributed by atoms with Crippen LogP contribution in [0.4, 0.5) is 0 Å². The van der Waals surface area contributed by atoms with Gasteiger partial charge in [-0.05, 0) is 49.4 Å². The maximum atomic E-state index is 13.1. The van der Waals surface area contributed by atoms with Gasteiger partial charge in [0.1, 0.15) is 19.3 Å². The van der Waals surface area contributed by atoms with Gasteiger partial charge >= 0.3 is 39.5 Å². The Kier molecular flexibility index (Phi) is 65.9. The Labute approximate surface area is 594 Å². The van der Waals surface area contributed by atoms with E-state index < -0.39 is 97.5 Å². The standard InChI is InChI=1S/C78H152O17P2/c1-9-71(8)57-49-41-33-27-29-37-45-53-61-78(83)95-74(65-89-76(81)59-51-43-35-28-26-32-40-48-56-70(6)7)67-93-97(86,87)91-63-72(79)62-90-96(84,85)92-66-73(94-77(82)60-52-44-36-25-21-17-13-11-15-19-23-31-39-47-55-69(4)5)64-88-75(80)58-50-42-34-24-20-16-12-10-14-18-22-30-38-46-54-68(2)3/h68-74,79H,9-67H2,1-8H3,(H,84,85)(H,86,87)/t71?,72?,73-,74-/m1/s1. The van der Waals surface area contributed by atoms with Crippen molar-refractivity contribution in [3.05, 3.63) is 0 Å². The predicted octanol–water partition coefficient (Wildman–Crippen LogP) is 22.8. The van der Waals surface area contributed by atoms with Gasteiger partial charge in [0.25, 0.3) is 0 Å². The molecule has 0 aliphatic heterocycles. The van der Waals surface area contributed by atoms with Crippen molar-refractivity contribution in [3.63, 3.8) is 0 Å². The van der Waals surface area contributed by atoms with Crippen LogP contribution in [0, 0.1) is 23.7 Å². The highest BCUT2D eigenvalue weighted by Crippen LogP contribution is 2.45. The Morgan fingerprint density at radius 2 is 0.495 bits per heavy atom. The molecule has 19 heteroatoms. The number of aliphatic hydroxyl groups excluding tert-OH is 1. The molecule has 0 saturated carbocycles. The minimum absolute atomic E-state index is 0.104.